The van der Waals surface area contributed by atoms with Crippen LogP contribution in [0.1, 0.15) is 11.3 Å². The zero-order chi connectivity index (χ0) is 21.3. The molecule has 0 unspecified atom stereocenters. The minimum Gasteiger partial charge on any atom is -0.367 e. The van der Waals surface area contributed by atoms with Crippen LogP contribution in [0.4, 0.5) is 11.5 Å². The molecule has 0 spiro atoms. The summed E-state index contributed by atoms with van der Waals surface area (Å²) in [6, 6.07) is 10.7. The first-order valence-electron chi connectivity index (χ1n) is 9.72. The van der Waals surface area contributed by atoms with Crippen molar-refractivity contribution < 1.29 is 8.42 Å². The molecule has 156 valence electrons. The Balaban J connectivity index is 1.59. The van der Waals surface area contributed by atoms with Crippen LogP contribution >= 0.6 is 0 Å². The van der Waals surface area contributed by atoms with E-state index in [9.17, 15) is 8.42 Å². The van der Waals surface area contributed by atoms with Gasteiger partial charge >= 0.3 is 0 Å². The first-order chi connectivity index (χ1) is 14.3. The zero-order valence-electron chi connectivity index (χ0n) is 17.0. The van der Waals surface area contributed by atoms with E-state index in [1.54, 1.807) is 30.6 Å². The van der Waals surface area contributed by atoms with E-state index in [0.29, 0.717) is 37.7 Å². The summed E-state index contributed by atoms with van der Waals surface area (Å²) < 4.78 is 23.9. The minimum absolute atomic E-state index is 0.160. The molecule has 0 atom stereocenters. The van der Waals surface area contributed by atoms with E-state index in [0.717, 1.165) is 22.6 Å². The molecule has 1 aliphatic heterocycles. The number of rotatable bonds is 4. The van der Waals surface area contributed by atoms with E-state index in [1.165, 1.54) is 0 Å². The summed E-state index contributed by atoms with van der Waals surface area (Å²) in [5, 5.41) is 5.40. The molecule has 2 aromatic heterocycles. The van der Waals surface area contributed by atoms with Crippen LogP contribution in [0.3, 0.4) is 0 Å². The lowest BCUT2D eigenvalue weighted by atomic mass is 10.1. The maximum atomic E-state index is 12.0. The van der Waals surface area contributed by atoms with Gasteiger partial charge in [-0.25, -0.2) is 23.5 Å². The van der Waals surface area contributed by atoms with E-state index < -0.39 is 10.0 Å². The van der Waals surface area contributed by atoms with Gasteiger partial charge in [0.25, 0.3) is 0 Å². The van der Waals surface area contributed by atoms with Gasteiger partial charge < -0.3 is 9.80 Å². The van der Waals surface area contributed by atoms with Crippen molar-refractivity contribution in [1.82, 2.24) is 15.0 Å². The lowest BCUT2D eigenvalue weighted by Crippen LogP contribution is -2.47. The van der Waals surface area contributed by atoms with Crippen molar-refractivity contribution in [3.8, 4) is 11.4 Å². The van der Waals surface area contributed by atoms with Crippen molar-refractivity contribution in [2.24, 2.45) is 5.14 Å². The Morgan fingerprint density at radius 2 is 1.53 bits per heavy atom. The molecule has 1 aromatic carbocycles. The smallest absolute Gasteiger partial charge is 0.240 e. The number of hydrogen-bond acceptors (Lipinski definition) is 7. The number of nitrogens with two attached hydrogens (primary N) is 1. The maximum absolute atomic E-state index is 12.0. The van der Waals surface area contributed by atoms with Gasteiger partial charge in [0.05, 0.1) is 5.69 Å². The number of sulfonamides is 1. The lowest BCUT2D eigenvalue weighted by Gasteiger charge is -2.38. The highest BCUT2D eigenvalue weighted by atomic mass is 32.2. The SMILES string of the molecule is Cc1nc(-c2ccncc2)nc(N2CCN(c3ccccc3S(N)(=O)=O)CC2)c1C. The summed E-state index contributed by atoms with van der Waals surface area (Å²) in [7, 11) is -3.78. The fourth-order valence-electron chi connectivity index (χ4n) is 3.67. The van der Waals surface area contributed by atoms with Gasteiger partial charge in [-0.05, 0) is 38.1 Å². The molecule has 1 aliphatic rings. The predicted molar refractivity (Wildman–Crippen MR) is 117 cm³/mol. The largest absolute Gasteiger partial charge is 0.367 e. The maximum Gasteiger partial charge on any atom is 0.240 e. The molecule has 3 aromatic rings. The summed E-state index contributed by atoms with van der Waals surface area (Å²) >= 11 is 0. The van der Waals surface area contributed by atoms with Crippen molar-refractivity contribution in [2.75, 3.05) is 36.0 Å². The van der Waals surface area contributed by atoms with E-state index in [2.05, 4.69) is 19.8 Å². The van der Waals surface area contributed by atoms with Crippen LogP contribution in [0.2, 0.25) is 0 Å². The van der Waals surface area contributed by atoms with Crippen LogP contribution in [0.5, 0.6) is 0 Å². The molecule has 1 fully saturated rings. The van der Waals surface area contributed by atoms with Gasteiger partial charge in [0.2, 0.25) is 10.0 Å². The quantitative estimate of drug-likeness (QED) is 0.684. The van der Waals surface area contributed by atoms with E-state index in [1.807, 2.05) is 32.0 Å². The first kappa shape index (κ1) is 20.2. The van der Waals surface area contributed by atoms with Crippen molar-refractivity contribution in [2.45, 2.75) is 18.7 Å². The second-order valence-corrected chi connectivity index (χ2v) is 8.83. The summed E-state index contributed by atoms with van der Waals surface area (Å²) in [6.07, 6.45) is 3.46. The molecule has 30 heavy (non-hydrogen) atoms. The van der Waals surface area contributed by atoms with Crippen molar-refractivity contribution in [1.29, 1.82) is 0 Å². The molecule has 0 radical (unpaired) electrons. The molecule has 0 bridgehead atoms. The number of para-hydroxylation sites is 1. The summed E-state index contributed by atoms with van der Waals surface area (Å²) in [6.45, 7) is 6.78. The van der Waals surface area contributed by atoms with Gasteiger partial charge in [-0.1, -0.05) is 12.1 Å². The number of anilines is 2. The average molecular weight is 425 g/mol. The minimum atomic E-state index is -3.78. The highest BCUT2D eigenvalue weighted by Crippen LogP contribution is 2.28. The van der Waals surface area contributed by atoms with Crippen LogP contribution in [0.15, 0.2) is 53.7 Å². The molecule has 0 aliphatic carbocycles. The monoisotopic (exact) mass is 424 g/mol. The van der Waals surface area contributed by atoms with Gasteiger partial charge in [0.15, 0.2) is 5.82 Å². The van der Waals surface area contributed by atoms with E-state index in [4.69, 9.17) is 10.1 Å². The van der Waals surface area contributed by atoms with E-state index in [-0.39, 0.29) is 4.90 Å². The number of aryl methyl sites for hydroxylation is 1. The van der Waals surface area contributed by atoms with Crippen LogP contribution in [-0.4, -0.2) is 49.5 Å². The van der Waals surface area contributed by atoms with Crippen LogP contribution in [0, 0.1) is 13.8 Å². The number of aromatic nitrogens is 3. The van der Waals surface area contributed by atoms with Gasteiger partial charge in [-0.2, -0.15) is 0 Å². The Kier molecular flexibility index (Phi) is 5.40. The van der Waals surface area contributed by atoms with Gasteiger partial charge in [-0.15, -0.1) is 0 Å². The number of primary sulfonamides is 1. The Labute approximate surface area is 176 Å². The second kappa shape index (κ2) is 8.00. The van der Waals surface area contributed by atoms with Crippen molar-refractivity contribution in [3.63, 3.8) is 0 Å². The third kappa shape index (κ3) is 3.99. The predicted octanol–water partition coefficient (Wildman–Crippen LogP) is 2.13. The van der Waals surface area contributed by atoms with Crippen LogP contribution in [0.25, 0.3) is 11.4 Å². The average Bonchev–Trinajstić information content (AvgIpc) is 2.76. The highest BCUT2D eigenvalue weighted by Gasteiger charge is 2.25. The summed E-state index contributed by atoms with van der Waals surface area (Å²) in [5.74, 6) is 1.59. The first-order valence-corrected chi connectivity index (χ1v) is 11.3. The Bertz CT molecular complexity index is 1160. The van der Waals surface area contributed by atoms with Gasteiger partial charge in [-0.3, -0.25) is 4.98 Å². The third-order valence-electron chi connectivity index (χ3n) is 5.39. The molecular formula is C21H24N6O2S. The molecule has 3 heterocycles. The number of pyridine rings is 1. The summed E-state index contributed by atoms with van der Waals surface area (Å²) in [4.78, 5) is 18.0. The third-order valence-corrected chi connectivity index (χ3v) is 6.35. The van der Waals surface area contributed by atoms with Crippen LogP contribution in [-0.2, 0) is 10.0 Å². The molecule has 0 amide bonds. The molecular weight excluding hydrogens is 400 g/mol. The number of nitrogens with zero attached hydrogens (tertiary/aromatic N) is 5. The molecule has 2 N–H and O–H groups in total. The molecule has 1 saturated heterocycles. The topological polar surface area (TPSA) is 105 Å². The molecule has 8 nitrogen and oxygen atoms in total. The van der Waals surface area contributed by atoms with Crippen molar-refractivity contribution in [3.05, 3.63) is 60.0 Å². The van der Waals surface area contributed by atoms with Gasteiger partial charge in [0, 0.05) is 55.4 Å². The fraction of sp³-hybridized carbons (Fsp3) is 0.286. The van der Waals surface area contributed by atoms with Crippen molar-refractivity contribution >= 4 is 21.5 Å². The fourth-order valence-corrected chi connectivity index (χ4v) is 4.43. The number of benzene rings is 1. The zero-order valence-corrected chi connectivity index (χ0v) is 17.8. The number of piperazine rings is 1. The Hall–Kier alpha value is -3.04. The molecule has 9 heteroatoms. The Morgan fingerprint density at radius 3 is 2.20 bits per heavy atom. The van der Waals surface area contributed by atoms with Crippen LogP contribution < -0.4 is 14.9 Å². The summed E-state index contributed by atoms with van der Waals surface area (Å²) in [5.41, 5.74) is 3.56. The van der Waals surface area contributed by atoms with Gasteiger partial charge in [0.1, 0.15) is 10.7 Å². The second-order valence-electron chi connectivity index (χ2n) is 7.30. The Morgan fingerprint density at radius 1 is 0.900 bits per heavy atom. The lowest BCUT2D eigenvalue weighted by molar-refractivity contribution is 0.595. The highest BCUT2D eigenvalue weighted by molar-refractivity contribution is 7.89. The normalized spacial score (nSPS) is 14.8. The van der Waals surface area contributed by atoms with E-state index >= 15 is 0 Å². The molecule has 0 saturated carbocycles. The molecule has 4 rings (SSSR count). The standard InChI is InChI=1S/C21H24N6O2S/c1-15-16(2)24-20(17-7-9-23-10-8-17)25-21(15)27-13-11-26(12-14-27)18-5-3-4-6-19(18)30(22,28)29/h3-10H,11-14H2,1-2H3,(H2,22,28,29). The number of hydrogen-bond donors (Lipinski definition) is 1.